The van der Waals surface area contributed by atoms with Crippen molar-refractivity contribution >= 4 is 38.9 Å². The second-order valence-electron chi connectivity index (χ2n) is 7.15. The number of nitro groups is 1. The third kappa shape index (κ3) is 6.72. The molecule has 0 heterocycles. The number of rotatable bonds is 11. The lowest BCUT2D eigenvalue weighted by molar-refractivity contribution is -0.384. The molecule has 0 aliphatic carbocycles. The zero-order valence-corrected chi connectivity index (χ0v) is 20.3. The lowest BCUT2D eigenvalue weighted by Crippen LogP contribution is -2.50. The first-order chi connectivity index (χ1) is 15.5. The molecule has 2 aromatic rings. The molecule has 180 valence electrons. The minimum absolute atomic E-state index is 0.0804. The average Bonchev–Trinajstić information content (AvgIpc) is 2.75. The molecular formula is C21H26ClN3O7S. The first-order valence-electron chi connectivity index (χ1n) is 9.98. The number of benzene rings is 2. The molecule has 12 heteroatoms. The Balaban J connectivity index is 2.21. The number of methoxy groups -OCH3 is 1. The van der Waals surface area contributed by atoms with Gasteiger partial charge in [-0.05, 0) is 37.1 Å². The number of sulfonamides is 1. The summed E-state index contributed by atoms with van der Waals surface area (Å²) < 4.78 is 36.9. The van der Waals surface area contributed by atoms with E-state index >= 15 is 0 Å². The van der Waals surface area contributed by atoms with Crippen molar-refractivity contribution < 1.29 is 27.6 Å². The molecule has 0 bridgehead atoms. The van der Waals surface area contributed by atoms with Gasteiger partial charge in [-0.15, -0.1) is 0 Å². The van der Waals surface area contributed by atoms with Gasteiger partial charge in [-0.3, -0.25) is 19.2 Å². The van der Waals surface area contributed by atoms with Crippen molar-refractivity contribution in [3.63, 3.8) is 0 Å². The van der Waals surface area contributed by atoms with Crippen LogP contribution in [0.15, 0.2) is 36.4 Å². The molecule has 0 saturated carbocycles. The fourth-order valence-corrected chi connectivity index (χ4v) is 4.50. The van der Waals surface area contributed by atoms with E-state index in [0.29, 0.717) is 10.8 Å². The van der Waals surface area contributed by atoms with Crippen LogP contribution in [0, 0.1) is 17.0 Å². The molecule has 2 aromatic carbocycles. The van der Waals surface area contributed by atoms with Crippen LogP contribution in [-0.2, 0) is 14.8 Å². The van der Waals surface area contributed by atoms with Gasteiger partial charge < -0.3 is 14.8 Å². The summed E-state index contributed by atoms with van der Waals surface area (Å²) in [6, 6.07) is 7.60. The summed E-state index contributed by atoms with van der Waals surface area (Å²) in [4.78, 5) is 23.5. The maximum atomic E-state index is 12.9. The molecule has 0 radical (unpaired) electrons. The van der Waals surface area contributed by atoms with Crippen molar-refractivity contribution in [3.05, 3.63) is 57.1 Å². The first-order valence-corrected chi connectivity index (χ1v) is 12.2. The topological polar surface area (TPSA) is 128 Å². The number of nitrogens with zero attached hydrogens (tertiary/aromatic N) is 2. The Kier molecular flexibility index (Phi) is 8.89. The number of hydrogen-bond acceptors (Lipinski definition) is 7. The Morgan fingerprint density at radius 2 is 1.97 bits per heavy atom. The summed E-state index contributed by atoms with van der Waals surface area (Å²) >= 11 is 6.06. The van der Waals surface area contributed by atoms with Crippen molar-refractivity contribution in [1.29, 1.82) is 0 Å². The third-order valence-corrected chi connectivity index (χ3v) is 6.33. The number of non-ortho nitro benzene ring substituents is 1. The van der Waals surface area contributed by atoms with Gasteiger partial charge in [0.25, 0.3) is 5.69 Å². The van der Waals surface area contributed by atoms with E-state index in [2.05, 4.69) is 5.32 Å². The van der Waals surface area contributed by atoms with Crippen molar-refractivity contribution in [2.45, 2.75) is 26.3 Å². The van der Waals surface area contributed by atoms with E-state index in [1.54, 1.807) is 25.1 Å². The second kappa shape index (κ2) is 11.2. The molecule has 0 aliphatic rings. The Morgan fingerprint density at radius 1 is 1.27 bits per heavy atom. The van der Waals surface area contributed by atoms with Crippen molar-refractivity contribution in [2.75, 3.05) is 30.8 Å². The standard InChI is InChI=1S/C21H26ClN3O7S/c1-5-18(21(26)23-10-11-32-16-8-6-14(2)17(22)13-16)24(33(4,29)30)19-12-15(25(27)28)7-9-20(19)31-3/h6-9,12-13,18H,5,10-11H2,1-4H3,(H,23,26)/t18-/m0/s1. The summed E-state index contributed by atoms with van der Waals surface area (Å²) in [5, 5.41) is 14.4. The van der Waals surface area contributed by atoms with E-state index in [1.165, 1.54) is 19.2 Å². The van der Waals surface area contributed by atoms with Crippen LogP contribution < -0.4 is 19.1 Å². The van der Waals surface area contributed by atoms with Crippen LogP contribution in [0.25, 0.3) is 0 Å². The zero-order valence-electron chi connectivity index (χ0n) is 18.7. The minimum Gasteiger partial charge on any atom is -0.495 e. The summed E-state index contributed by atoms with van der Waals surface area (Å²) in [6.07, 6.45) is 1.03. The van der Waals surface area contributed by atoms with E-state index in [1.807, 2.05) is 6.92 Å². The fourth-order valence-electron chi connectivity index (χ4n) is 3.12. The predicted octanol–water partition coefficient (Wildman–Crippen LogP) is 3.31. The number of nitro benzene ring substituents is 1. The Bertz CT molecular complexity index is 1120. The quantitative estimate of drug-likeness (QED) is 0.285. The molecule has 0 aromatic heterocycles. The molecule has 0 spiro atoms. The summed E-state index contributed by atoms with van der Waals surface area (Å²) in [7, 11) is -2.70. The number of hydrogen-bond donors (Lipinski definition) is 1. The zero-order chi connectivity index (χ0) is 24.8. The van der Waals surface area contributed by atoms with Gasteiger partial charge in [0.15, 0.2) is 0 Å². The molecule has 2 rings (SSSR count). The number of carbonyl (C=O) groups is 1. The highest BCUT2D eigenvalue weighted by atomic mass is 35.5. The van der Waals surface area contributed by atoms with Gasteiger partial charge in [-0.1, -0.05) is 24.6 Å². The molecule has 1 N–H and O–H groups in total. The second-order valence-corrected chi connectivity index (χ2v) is 9.41. The average molecular weight is 500 g/mol. The number of aryl methyl sites for hydroxylation is 1. The lowest BCUT2D eigenvalue weighted by atomic mass is 10.1. The SMILES string of the molecule is CC[C@@H](C(=O)NCCOc1ccc(C)c(Cl)c1)N(c1cc([N+](=O)[O-])ccc1OC)S(C)(=O)=O. The lowest BCUT2D eigenvalue weighted by Gasteiger charge is -2.30. The van der Waals surface area contributed by atoms with Crippen LogP contribution in [-0.4, -0.2) is 51.8 Å². The van der Waals surface area contributed by atoms with Crippen molar-refractivity contribution in [3.8, 4) is 11.5 Å². The molecule has 0 unspecified atom stereocenters. The molecule has 10 nitrogen and oxygen atoms in total. The van der Waals surface area contributed by atoms with E-state index in [4.69, 9.17) is 21.1 Å². The molecule has 0 saturated heterocycles. The van der Waals surface area contributed by atoms with E-state index in [0.717, 1.165) is 22.2 Å². The molecular weight excluding hydrogens is 474 g/mol. The van der Waals surface area contributed by atoms with Gasteiger partial charge in [0.05, 0.1) is 24.8 Å². The molecule has 33 heavy (non-hydrogen) atoms. The minimum atomic E-state index is -4.01. The van der Waals surface area contributed by atoms with Crippen LogP contribution in [0.5, 0.6) is 11.5 Å². The van der Waals surface area contributed by atoms with Crippen LogP contribution in [0.3, 0.4) is 0 Å². The van der Waals surface area contributed by atoms with E-state index < -0.39 is 26.9 Å². The van der Waals surface area contributed by atoms with Gasteiger partial charge in [0, 0.05) is 17.2 Å². The highest BCUT2D eigenvalue weighted by molar-refractivity contribution is 7.92. The maximum Gasteiger partial charge on any atom is 0.271 e. The number of ether oxygens (including phenoxy) is 2. The van der Waals surface area contributed by atoms with E-state index in [9.17, 15) is 23.3 Å². The van der Waals surface area contributed by atoms with Crippen molar-refractivity contribution in [2.24, 2.45) is 0 Å². The largest absolute Gasteiger partial charge is 0.495 e. The van der Waals surface area contributed by atoms with Crippen LogP contribution in [0.1, 0.15) is 18.9 Å². The molecule has 0 aliphatic heterocycles. The molecule has 1 atom stereocenters. The Hall–Kier alpha value is -3.05. The third-order valence-electron chi connectivity index (χ3n) is 4.75. The summed E-state index contributed by atoms with van der Waals surface area (Å²) in [6.45, 7) is 3.73. The smallest absolute Gasteiger partial charge is 0.271 e. The highest BCUT2D eigenvalue weighted by Crippen LogP contribution is 2.35. The number of amides is 1. The summed E-state index contributed by atoms with van der Waals surface area (Å²) in [5.74, 6) is 0.0323. The Morgan fingerprint density at radius 3 is 2.52 bits per heavy atom. The number of carbonyl (C=O) groups excluding carboxylic acids is 1. The number of anilines is 1. The molecule has 0 fully saturated rings. The number of halogens is 1. The number of nitrogens with one attached hydrogen (secondary N) is 1. The van der Waals surface area contributed by atoms with Gasteiger partial charge in [0.1, 0.15) is 29.8 Å². The Labute approximate surface area is 197 Å². The maximum absolute atomic E-state index is 12.9. The normalized spacial score (nSPS) is 12.0. The fraction of sp³-hybridized carbons (Fsp3) is 0.381. The van der Waals surface area contributed by atoms with Gasteiger partial charge in [0.2, 0.25) is 15.9 Å². The highest BCUT2D eigenvalue weighted by Gasteiger charge is 2.34. The van der Waals surface area contributed by atoms with Crippen LogP contribution in [0.4, 0.5) is 11.4 Å². The summed E-state index contributed by atoms with van der Waals surface area (Å²) in [5.41, 5.74) is 0.474. The van der Waals surface area contributed by atoms with E-state index in [-0.39, 0.29) is 36.7 Å². The van der Waals surface area contributed by atoms with Gasteiger partial charge >= 0.3 is 0 Å². The van der Waals surface area contributed by atoms with Crippen LogP contribution in [0.2, 0.25) is 5.02 Å². The first kappa shape index (κ1) is 26.2. The van der Waals surface area contributed by atoms with Gasteiger partial charge in [-0.25, -0.2) is 8.42 Å². The van der Waals surface area contributed by atoms with Crippen molar-refractivity contribution in [1.82, 2.24) is 5.32 Å². The monoisotopic (exact) mass is 499 g/mol. The van der Waals surface area contributed by atoms with Crippen LogP contribution >= 0.6 is 11.6 Å². The molecule has 1 amide bonds. The predicted molar refractivity (Wildman–Crippen MR) is 126 cm³/mol. The van der Waals surface area contributed by atoms with Gasteiger partial charge in [-0.2, -0.15) is 0 Å².